The van der Waals surface area contributed by atoms with Crippen molar-refractivity contribution < 1.29 is 9.18 Å². The SMILES string of the molecule is Cl.O=C(Cl)c1ncccc1F. The molecule has 0 aliphatic carbocycles. The quantitative estimate of drug-likeness (QED) is 0.643. The Bertz CT molecular complexity index is 267. The normalized spacial score (nSPS) is 8.55. The number of rotatable bonds is 1. The zero-order chi connectivity index (χ0) is 7.56. The number of pyridine rings is 1. The molecule has 2 nitrogen and oxygen atoms in total. The van der Waals surface area contributed by atoms with Gasteiger partial charge in [0.1, 0.15) is 0 Å². The topological polar surface area (TPSA) is 30.0 Å². The van der Waals surface area contributed by atoms with Crippen molar-refractivity contribution in [2.24, 2.45) is 0 Å². The summed E-state index contributed by atoms with van der Waals surface area (Å²) in [5.74, 6) is -0.692. The summed E-state index contributed by atoms with van der Waals surface area (Å²) in [5, 5.41) is -0.877. The highest BCUT2D eigenvalue weighted by Gasteiger charge is 2.07. The Morgan fingerprint density at radius 1 is 1.64 bits per heavy atom. The molecule has 1 heterocycles. The first-order valence-corrected chi connectivity index (χ1v) is 2.90. The molecule has 0 amide bonds. The highest BCUT2D eigenvalue weighted by molar-refractivity contribution is 6.67. The van der Waals surface area contributed by atoms with Crippen LogP contribution < -0.4 is 0 Å². The molecule has 11 heavy (non-hydrogen) atoms. The minimum absolute atomic E-state index is 0. The zero-order valence-electron chi connectivity index (χ0n) is 5.25. The van der Waals surface area contributed by atoms with Crippen molar-refractivity contribution >= 4 is 29.3 Å². The van der Waals surface area contributed by atoms with Crippen molar-refractivity contribution in [1.82, 2.24) is 4.98 Å². The van der Waals surface area contributed by atoms with Crippen molar-refractivity contribution in [1.29, 1.82) is 0 Å². The van der Waals surface area contributed by atoms with Gasteiger partial charge in [-0.05, 0) is 23.7 Å². The first-order valence-electron chi connectivity index (χ1n) is 2.52. The maximum Gasteiger partial charge on any atom is 0.273 e. The predicted molar refractivity (Wildman–Crippen MR) is 41.6 cm³/mol. The molecule has 5 heteroatoms. The molecule has 0 fully saturated rings. The van der Waals surface area contributed by atoms with Crippen LogP contribution in [0, 0.1) is 5.82 Å². The molecule has 1 aromatic rings. The first kappa shape index (κ1) is 10.3. The number of carbonyl (C=O) groups excluding carboxylic acids is 1. The van der Waals surface area contributed by atoms with Crippen LogP contribution in [0.25, 0.3) is 0 Å². The van der Waals surface area contributed by atoms with Gasteiger partial charge in [-0.25, -0.2) is 9.37 Å². The summed E-state index contributed by atoms with van der Waals surface area (Å²) < 4.78 is 12.5. The van der Waals surface area contributed by atoms with Gasteiger partial charge in [0, 0.05) is 6.20 Å². The van der Waals surface area contributed by atoms with Crippen molar-refractivity contribution in [3.05, 3.63) is 29.8 Å². The van der Waals surface area contributed by atoms with Gasteiger partial charge >= 0.3 is 0 Å². The van der Waals surface area contributed by atoms with E-state index < -0.39 is 11.1 Å². The average molecular weight is 196 g/mol. The molecule has 0 atom stereocenters. The summed E-state index contributed by atoms with van der Waals surface area (Å²) in [6.45, 7) is 0. The fourth-order valence-corrected chi connectivity index (χ4v) is 0.669. The summed E-state index contributed by atoms with van der Waals surface area (Å²) in [4.78, 5) is 13.8. The molecule has 1 aromatic heterocycles. The summed E-state index contributed by atoms with van der Waals surface area (Å²) in [6.07, 6.45) is 1.30. The molecule has 0 saturated heterocycles. The van der Waals surface area contributed by atoms with Crippen molar-refractivity contribution in [3.63, 3.8) is 0 Å². The third-order valence-corrected chi connectivity index (χ3v) is 1.12. The summed E-state index contributed by atoms with van der Waals surface area (Å²) in [7, 11) is 0. The number of halogens is 3. The minimum Gasteiger partial charge on any atom is -0.274 e. The van der Waals surface area contributed by atoms with E-state index in [1.165, 1.54) is 12.3 Å². The van der Waals surface area contributed by atoms with Gasteiger partial charge in [-0.1, -0.05) is 0 Å². The van der Waals surface area contributed by atoms with Gasteiger partial charge < -0.3 is 0 Å². The summed E-state index contributed by atoms with van der Waals surface area (Å²) in [6, 6.07) is 2.52. The Balaban J connectivity index is 0.000001000. The Kier molecular flexibility index (Phi) is 4.00. The van der Waals surface area contributed by atoms with E-state index in [1.807, 2.05) is 0 Å². The second-order valence-corrected chi connectivity index (χ2v) is 1.95. The van der Waals surface area contributed by atoms with Crippen molar-refractivity contribution in [3.8, 4) is 0 Å². The molecular weight excluding hydrogens is 192 g/mol. The molecule has 60 valence electrons. The lowest BCUT2D eigenvalue weighted by molar-refractivity contribution is 0.107. The maximum absolute atomic E-state index is 12.5. The zero-order valence-corrected chi connectivity index (χ0v) is 6.82. The van der Waals surface area contributed by atoms with Crippen LogP contribution in [0.1, 0.15) is 10.5 Å². The van der Waals surface area contributed by atoms with Crippen LogP contribution in [0.5, 0.6) is 0 Å². The van der Waals surface area contributed by atoms with Gasteiger partial charge in [0.25, 0.3) is 5.24 Å². The minimum atomic E-state index is -0.877. The van der Waals surface area contributed by atoms with Crippen LogP contribution in [-0.2, 0) is 0 Å². The number of hydrogen-bond acceptors (Lipinski definition) is 2. The standard InChI is InChI=1S/C6H3ClFNO.ClH/c7-6(10)5-4(8)2-1-3-9-5;/h1-3H;1H. The highest BCUT2D eigenvalue weighted by Crippen LogP contribution is 2.04. The number of aromatic nitrogens is 1. The van der Waals surface area contributed by atoms with Crippen LogP contribution in [0.3, 0.4) is 0 Å². The van der Waals surface area contributed by atoms with Gasteiger partial charge in [-0.3, -0.25) is 4.79 Å². The van der Waals surface area contributed by atoms with E-state index in [0.29, 0.717) is 0 Å². The summed E-state index contributed by atoms with van der Waals surface area (Å²) in [5.41, 5.74) is -0.329. The fourth-order valence-electron chi connectivity index (χ4n) is 0.530. The van der Waals surface area contributed by atoms with E-state index in [1.54, 1.807) is 0 Å². The smallest absolute Gasteiger partial charge is 0.273 e. The molecule has 0 aromatic carbocycles. The molecule has 0 spiro atoms. The third-order valence-electron chi connectivity index (χ3n) is 0.945. The summed E-state index contributed by atoms with van der Waals surface area (Å²) >= 11 is 4.97. The monoisotopic (exact) mass is 195 g/mol. The number of hydrogen-bond donors (Lipinski definition) is 0. The van der Waals surface area contributed by atoms with Crippen LogP contribution in [0.15, 0.2) is 18.3 Å². The average Bonchev–Trinajstić information content (AvgIpc) is 1.88. The first-order chi connectivity index (χ1) is 4.72. The van der Waals surface area contributed by atoms with E-state index in [0.717, 1.165) is 6.07 Å². The second-order valence-electron chi connectivity index (χ2n) is 1.61. The molecular formula is C6H4Cl2FNO. The molecule has 0 N–H and O–H groups in total. The largest absolute Gasteiger partial charge is 0.274 e. The maximum atomic E-state index is 12.5. The Hall–Kier alpha value is -0.670. The Morgan fingerprint density at radius 2 is 2.27 bits per heavy atom. The molecule has 0 saturated carbocycles. The predicted octanol–water partition coefficient (Wildman–Crippen LogP) is 2.02. The number of nitrogens with zero attached hydrogens (tertiary/aromatic N) is 1. The fraction of sp³-hybridized carbons (Fsp3) is 0. The third kappa shape index (κ3) is 2.44. The molecule has 0 radical (unpaired) electrons. The molecule has 0 unspecified atom stereocenters. The van der Waals surface area contributed by atoms with E-state index >= 15 is 0 Å². The lowest BCUT2D eigenvalue weighted by Crippen LogP contribution is -1.96. The second kappa shape index (κ2) is 4.26. The Morgan fingerprint density at radius 3 is 2.64 bits per heavy atom. The van der Waals surface area contributed by atoms with E-state index in [9.17, 15) is 9.18 Å². The van der Waals surface area contributed by atoms with Crippen LogP contribution in [0.4, 0.5) is 4.39 Å². The van der Waals surface area contributed by atoms with Crippen molar-refractivity contribution in [2.45, 2.75) is 0 Å². The van der Waals surface area contributed by atoms with E-state index in [2.05, 4.69) is 4.98 Å². The van der Waals surface area contributed by atoms with E-state index in [4.69, 9.17) is 11.6 Å². The van der Waals surface area contributed by atoms with Crippen LogP contribution in [0.2, 0.25) is 0 Å². The highest BCUT2D eigenvalue weighted by atomic mass is 35.5. The Labute approximate surface area is 73.8 Å². The molecule has 0 aliphatic heterocycles. The van der Waals surface area contributed by atoms with Gasteiger partial charge in [0.2, 0.25) is 0 Å². The van der Waals surface area contributed by atoms with E-state index in [-0.39, 0.29) is 18.1 Å². The van der Waals surface area contributed by atoms with Gasteiger partial charge in [-0.15, -0.1) is 12.4 Å². The molecule has 0 aliphatic rings. The van der Waals surface area contributed by atoms with Crippen LogP contribution in [-0.4, -0.2) is 10.2 Å². The lowest BCUT2D eigenvalue weighted by Gasteiger charge is -1.91. The van der Waals surface area contributed by atoms with Gasteiger partial charge in [-0.2, -0.15) is 0 Å². The number of carbonyl (C=O) groups is 1. The van der Waals surface area contributed by atoms with Gasteiger partial charge in [0.15, 0.2) is 11.5 Å². The molecule has 1 rings (SSSR count). The van der Waals surface area contributed by atoms with Crippen molar-refractivity contribution in [2.75, 3.05) is 0 Å². The van der Waals surface area contributed by atoms with Gasteiger partial charge in [0.05, 0.1) is 0 Å². The molecule has 0 bridgehead atoms. The van der Waals surface area contributed by atoms with Crippen LogP contribution >= 0.6 is 24.0 Å². The lowest BCUT2D eigenvalue weighted by atomic mass is 10.4.